The number of carbonyl (C=O) groups excluding carboxylic acids is 2. The average Bonchev–Trinajstić information content (AvgIpc) is 3.37. The summed E-state index contributed by atoms with van der Waals surface area (Å²) >= 11 is 0. The second-order valence-corrected chi connectivity index (χ2v) is 10.4. The van der Waals surface area contributed by atoms with E-state index >= 15 is 0 Å². The molecule has 0 radical (unpaired) electrons. The highest BCUT2D eigenvalue weighted by molar-refractivity contribution is 5.98. The third-order valence-electron chi connectivity index (χ3n) is 7.31. The largest absolute Gasteiger partial charge is 0.464 e. The van der Waals surface area contributed by atoms with Gasteiger partial charge in [-0.25, -0.2) is 9.18 Å². The lowest BCUT2D eigenvalue weighted by Gasteiger charge is -2.25. The number of hydrogen-bond acceptors (Lipinski definition) is 3. The van der Waals surface area contributed by atoms with Crippen molar-refractivity contribution in [1.82, 2.24) is 4.90 Å². The van der Waals surface area contributed by atoms with Crippen molar-refractivity contribution >= 4 is 11.9 Å². The Hall–Kier alpha value is -2.12. The van der Waals surface area contributed by atoms with Crippen molar-refractivity contribution in [3.8, 4) is 0 Å². The fraction of sp³-hybridized carbons (Fsp3) is 0.733. The van der Waals surface area contributed by atoms with E-state index in [4.69, 9.17) is 4.74 Å². The zero-order chi connectivity index (χ0) is 27.8. The predicted octanol–water partition coefficient (Wildman–Crippen LogP) is 8.86. The Morgan fingerprint density at radius 1 is 0.868 bits per heavy atom. The summed E-state index contributed by atoms with van der Waals surface area (Å²) < 4.78 is 59.6. The molecule has 8 heteroatoms. The van der Waals surface area contributed by atoms with Crippen LogP contribution in [0.15, 0.2) is 18.2 Å². The molecule has 0 aliphatic carbocycles. The summed E-state index contributed by atoms with van der Waals surface area (Å²) in [6.07, 6.45) is 14.2. The van der Waals surface area contributed by atoms with E-state index in [2.05, 4.69) is 6.92 Å². The monoisotopic (exact) mass is 543 g/mol. The van der Waals surface area contributed by atoms with E-state index in [1.807, 2.05) is 0 Å². The van der Waals surface area contributed by atoms with Crippen LogP contribution in [0.5, 0.6) is 0 Å². The van der Waals surface area contributed by atoms with Gasteiger partial charge < -0.3 is 9.64 Å². The van der Waals surface area contributed by atoms with Crippen molar-refractivity contribution in [2.24, 2.45) is 0 Å². The Balaban J connectivity index is 1.60. The van der Waals surface area contributed by atoms with Gasteiger partial charge in [-0.05, 0) is 31.4 Å². The van der Waals surface area contributed by atoms with Gasteiger partial charge in [0, 0.05) is 6.54 Å². The third kappa shape index (κ3) is 10.9. The maximum Gasteiger partial charge on any atom is 0.417 e. The van der Waals surface area contributed by atoms with Crippen molar-refractivity contribution in [2.75, 3.05) is 13.2 Å². The molecule has 1 fully saturated rings. The summed E-state index contributed by atoms with van der Waals surface area (Å²) in [6, 6.07) is 1.43. The number of amides is 1. The van der Waals surface area contributed by atoms with Crippen molar-refractivity contribution in [2.45, 2.75) is 128 Å². The highest BCUT2D eigenvalue weighted by atomic mass is 19.4. The number of halogens is 4. The topological polar surface area (TPSA) is 46.6 Å². The molecule has 0 spiro atoms. The number of carbonyl (C=O) groups is 2. The minimum Gasteiger partial charge on any atom is -0.464 e. The smallest absolute Gasteiger partial charge is 0.417 e. The molecule has 2 rings (SSSR count). The number of likely N-dealkylation sites (tertiary alicyclic amines) is 1. The molecular weight excluding hydrogens is 498 g/mol. The van der Waals surface area contributed by atoms with Crippen LogP contribution in [0.3, 0.4) is 0 Å². The van der Waals surface area contributed by atoms with Gasteiger partial charge in [0.25, 0.3) is 5.91 Å². The predicted molar refractivity (Wildman–Crippen MR) is 141 cm³/mol. The number of esters is 1. The van der Waals surface area contributed by atoms with E-state index in [0.29, 0.717) is 25.3 Å². The van der Waals surface area contributed by atoms with Gasteiger partial charge in [-0.15, -0.1) is 0 Å². The molecule has 1 aromatic rings. The van der Waals surface area contributed by atoms with E-state index < -0.39 is 41.0 Å². The van der Waals surface area contributed by atoms with Crippen molar-refractivity contribution in [3.63, 3.8) is 0 Å². The van der Waals surface area contributed by atoms with E-state index in [0.717, 1.165) is 36.3 Å². The first-order chi connectivity index (χ1) is 18.3. The molecule has 1 aromatic carbocycles. The maximum atomic E-state index is 14.3. The SMILES string of the molecule is CCCCCCCCCCCCCCCCCOC(=O)C1CCCN1C(=O)c1c(F)cccc1C(F)(F)F. The summed E-state index contributed by atoms with van der Waals surface area (Å²) in [5.74, 6) is -3.00. The molecule has 1 unspecified atom stereocenters. The molecule has 38 heavy (non-hydrogen) atoms. The first kappa shape index (κ1) is 32.1. The Bertz CT molecular complexity index is 843. The quantitative estimate of drug-likeness (QED) is 0.106. The lowest BCUT2D eigenvalue weighted by atomic mass is 10.0. The highest BCUT2D eigenvalue weighted by Crippen LogP contribution is 2.35. The summed E-state index contributed by atoms with van der Waals surface area (Å²) in [4.78, 5) is 26.4. The average molecular weight is 544 g/mol. The molecule has 216 valence electrons. The molecule has 0 saturated carbocycles. The van der Waals surface area contributed by atoms with Crippen molar-refractivity contribution in [3.05, 3.63) is 35.1 Å². The second kappa shape index (κ2) is 17.5. The van der Waals surface area contributed by atoms with Gasteiger partial charge in [-0.3, -0.25) is 4.79 Å². The van der Waals surface area contributed by atoms with Gasteiger partial charge in [-0.1, -0.05) is 103 Å². The fourth-order valence-electron chi connectivity index (χ4n) is 5.12. The number of alkyl halides is 3. The molecule has 4 nitrogen and oxygen atoms in total. The number of rotatable bonds is 18. The van der Waals surface area contributed by atoms with Crippen LogP contribution in [0.25, 0.3) is 0 Å². The number of nitrogens with zero attached hydrogens (tertiary/aromatic N) is 1. The summed E-state index contributed by atoms with van der Waals surface area (Å²) in [6.45, 7) is 2.54. The van der Waals surface area contributed by atoms with Crippen LogP contribution < -0.4 is 0 Å². The molecular formula is C30H45F4NO3. The van der Waals surface area contributed by atoms with Crippen molar-refractivity contribution in [1.29, 1.82) is 0 Å². The highest BCUT2D eigenvalue weighted by Gasteiger charge is 2.42. The molecule has 0 N–H and O–H groups in total. The van der Waals surface area contributed by atoms with Gasteiger partial charge in [-0.2, -0.15) is 13.2 Å². The van der Waals surface area contributed by atoms with E-state index in [1.165, 1.54) is 70.6 Å². The molecule has 1 aliphatic rings. The minimum absolute atomic E-state index is 0.0865. The van der Waals surface area contributed by atoms with Crippen molar-refractivity contribution < 1.29 is 31.9 Å². The molecule has 1 aliphatic heterocycles. The van der Waals surface area contributed by atoms with Gasteiger partial charge in [0.05, 0.1) is 17.7 Å². The normalized spacial score (nSPS) is 15.7. The lowest BCUT2D eigenvalue weighted by molar-refractivity contribution is -0.148. The van der Waals surface area contributed by atoms with Gasteiger partial charge >= 0.3 is 12.1 Å². The van der Waals surface area contributed by atoms with Crippen LogP contribution in [0.4, 0.5) is 17.6 Å². The standard InChI is InChI=1S/C30H45F4NO3/c1-2-3-4-5-6-7-8-9-10-11-12-13-14-15-16-23-38-29(37)26-21-18-22-35(26)28(36)27-24(30(32,33)34)19-17-20-25(27)31/h17,19-20,26H,2-16,18,21-23H2,1H3. The summed E-state index contributed by atoms with van der Waals surface area (Å²) in [7, 11) is 0. The van der Waals surface area contributed by atoms with E-state index in [1.54, 1.807) is 0 Å². The molecule has 1 amide bonds. The Morgan fingerprint density at radius 3 is 1.92 bits per heavy atom. The number of ether oxygens (including phenoxy) is 1. The second-order valence-electron chi connectivity index (χ2n) is 10.4. The number of unbranched alkanes of at least 4 members (excludes halogenated alkanes) is 14. The van der Waals surface area contributed by atoms with Crippen LogP contribution in [0.2, 0.25) is 0 Å². The number of benzene rings is 1. The van der Waals surface area contributed by atoms with E-state index in [9.17, 15) is 27.2 Å². The van der Waals surface area contributed by atoms with Crippen LogP contribution in [0.1, 0.15) is 132 Å². The van der Waals surface area contributed by atoms with Gasteiger partial charge in [0.15, 0.2) is 0 Å². The Kier molecular flexibility index (Phi) is 14.8. The first-order valence-electron chi connectivity index (χ1n) is 14.6. The third-order valence-corrected chi connectivity index (χ3v) is 7.31. The minimum atomic E-state index is -4.88. The Morgan fingerprint density at radius 2 is 1.39 bits per heavy atom. The molecule has 0 bridgehead atoms. The molecule has 0 aromatic heterocycles. The summed E-state index contributed by atoms with van der Waals surface area (Å²) in [5.41, 5.74) is -2.37. The van der Waals surface area contributed by atoms with E-state index in [-0.39, 0.29) is 13.2 Å². The van der Waals surface area contributed by atoms with Gasteiger partial charge in [0.2, 0.25) is 0 Å². The van der Waals surface area contributed by atoms with Crippen LogP contribution in [-0.2, 0) is 15.7 Å². The Labute approximate surface area is 225 Å². The fourth-order valence-corrected chi connectivity index (χ4v) is 5.12. The molecule has 1 saturated heterocycles. The molecule has 1 atom stereocenters. The first-order valence-corrected chi connectivity index (χ1v) is 14.6. The van der Waals surface area contributed by atoms with Gasteiger partial charge in [0.1, 0.15) is 11.9 Å². The lowest BCUT2D eigenvalue weighted by Crippen LogP contribution is -2.42. The molecule has 1 heterocycles. The zero-order valence-corrected chi connectivity index (χ0v) is 22.9. The zero-order valence-electron chi connectivity index (χ0n) is 22.9. The van der Waals surface area contributed by atoms with Crippen LogP contribution in [-0.4, -0.2) is 36.0 Å². The van der Waals surface area contributed by atoms with Crippen LogP contribution in [0, 0.1) is 5.82 Å². The maximum absolute atomic E-state index is 14.3. The number of hydrogen-bond donors (Lipinski definition) is 0. The summed E-state index contributed by atoms with van der Waals surface area (Å²) in [5, 5.41) is 0. The van der Waals surface area contributed by atoms with Crippen LogP contribution >= 0.6 is 0 Å².